The predicted octanol–water partition coefficient (Wildman–Crippen LogP) is 0.566. The van der Waals surface area contributed by atoms with Crippen LogP contribution in [0, 0.1) is 6.92 Å². The lowest BCUT2D eigenvalue weighted by Gasteiger charge is -2.02. The van der Waals surface area contributed by atoms with Crippen LogP contribution in [0.2, 0.25) is 0 Å². The second kappa shape index (κ2) is 6.10. The van der Waals surface area contributed by atoms with Crippen LogP contribution in [0.1, 0.15) is 5.69 Å². The van der Waals surface area contributed by atoms with Gasteiger partial charge in [0.15, 0.2) is 5.16 Å². The summed E-state index contributed by atoms with van der Waals surface area (Å²) in [7, 11) is 0. The van der Waals surface area contributed by atoms with E-state index in [4.69, 9.17) is 4.74 Å². The lowest BCUT2D eigenvalue weighted by molar-refractivity contribution is -0.131. The van der Waals surface area contributed by atoms with Crippen LogP contribution in [0.15, 0.2) is 34.5 Å². The molecule has 2 aromatic rings. The number of hydrogen-bond acceptors (Lipinski definition) is 7. The third kappa shape index (κ3) is 3.88. The number of aryl methyl sites for hydroxylation is 1. The minimum Gasteiger partial charge on any atom is -0.424 e. The number of esters is 1. The van der Waals surface area contributed by atoms with Crippen LogP contribution < -0.4 is 10.3 Å². The molecule has 0 atom stereocenters. The molecule has 2 rings (SSSR count). The molecule has 2 aromatic heterocycles. The van der Waals surface area contributed by atoms with Crippen molar-refractivity contribution in [1.82, 2.24) is 20.2 Å². The molecule has 8 heteroatoms. The SMILES string of the molecule is Cc1nnc(SCC(=O)Oc2cccnc2)[nH]c1=O. The fourth-order valence-corrected chi connectivity index (χ4v) is 1.72. The maximum atomic E-state index is 11.5. The molecule has 2 heterocycles. The van der Waals surface area contributed by atoms with E-state index in [2.05, 4.69) is 20.2 Å². The van der Waals surface area contributed by atoms with Crippen molar-refractivity contribution in [2.75, 3.05) is 5.75 Å². The average Bonchev–Trinajstić information content (AvgIpc) is 2.41. The Hall–Kier alpha value is -2.22. The Morgan fingerprint density at radius 2 is 2.32 bits per heavy atom. The van der Waals surface area contributed by atoms with Gasteiger partial charge in [0.1, 0.15) is 11.4 Å². The summed E-state index contributed by atoms with van der Waals surface area (Å²) in [6, 6.07) is 3.29. The molecular formula is C11H10N4O3S. The second-order valence-electron chi connectivity index (χ2n) is 3.50. The number of ether oxygens (including phenoxy) is 1. The highest BCUT2D eigenvalue weighted by atomic mass is 32.2. The Morgan fingerprint density at radius 3 is 3.00 bits per heavy atom. The first kappa shape index (κ1) is 13.2. The van der Waals surface area contributed by atoms with Gasteiger partial charge in [-0.25, -0.2) is 0 Å². The zero-order chi connectivity index (χ0) is 13.7. The number of pyridine rings is 1. The third-order valence-corrected chi connectivity index (χ3v) is 2.87. The molecule has 1 N–H and O–H groups in total. The summed E-state index contributed by atoms with van der Waals surface area (Å²) in [5, 5.41) is 7.70. The zero-order valence-electron chi connectivity index (χ0n) is 9.99. The van der Waals surface area contributed by atoms with Crippen molar-refractivity contribution in [2.24, 2.45) is 0 Å². The molecule has 0 unspecified atom stereocenters. The largest absolute Gasteiger partial charge is 0.424 e. The van der Waals surface area contributed by atoms with Gasteiger partial charge in [0.05, 0.1) is 11.9 Å². The number of aromatic amines is 1. The lowest BCUT2D eigenvalue weighted by Crippen LogP contribution is -2.16. The molecular weight excluding hydrogens is 268 g/mol. The number of nitrogens with one attached hydrogen (secondary N) is 1. The van der Waals surface area contributed by atoms with Gasteiger partial charge in [-0.1, -0.05) is 11.8 Å². The van der Waals surface area contributed by atoms with Crippen molar-refractivity contribution in [2.45, 2.75) is 12.1 Å². The van der Waals surface area contributed by atoms with Crippen molar-refractivity contribution in [3.8, 4) is 5.75 Å². The van der Waals surface area contributed by atoms with Gasteiger partial charge in [-0.3, -0.25) is 19.6 Å². The smallest absolute Gasteiger partial charge is 0.321 e. The van der Waals surface area contributed by atoms with Crippen molar-refractivity contribution in [1.29, 1.82) is 0 Å². The van der Waals surface area contributed by atoms with Crippen LogP contribution in [0.25, 0.3) is 0 Å². The summed E-state index contributed by atoms with van der Waals surface area (Å²) in [4.78, 5) is 29.1. The van der Waals surface area contributed by atoms with Gasteiger partial charge in [-0.15, -0.1) is 10.2 Å². The molecule has 19 heavy (non-hydrogen) atoms. The van der Waals surface area contributed by atoms with Gasteiger partial charge >= 0.3 is 5.97 Å². The number of nitrogens with zero attached hydrogens (tertiary/aromatic N) is 3. The van der Waals surface area contributed by atoms with Crippen molar-refractivity contribution in [3.05, 3.63) is 40.6 Å². The fourth-order valence-electron chi connectivity index (χ4n) is 1.14. The molecule has 0 saturated carbocycles. The predicted molar refractivity (Wildman–Crippen MR) is 68.0 cm³/mol. The van der Waals surface area contributed by atoms with Crippen molar-refractivity contribution >= 4 is 17.7 Å². The van der Waals surface area contributed by atoms with E-state index in [1.807, 2.05) is 0 Å². The summed E-state index contributed by atoms with van der Waals surface area (Å²) in [5.41, 5.74) is -0.0413. The summed E-state index contributed by atoms with van der Waals surface area (Å²) >= 11 is 1.05. The van der Waals surface area contributed by atoms with Gasteiger partial charge in [-0.05, 0) is 19.1 Å². The molecule has 0 fully saturated rings. The fraction of sp³-hybridized carbons (Fsp3) is 0.182. The van der Waals surface area contributed by atoms with Crippen molar-refractivity contribution < 1.29 is 9.53 Å². The molecule has 0 aliphatic carbocycles. The maximum Gasteiger partial charge on any atom is 0.321 e. The first-order valence-corrected chi connectivity index (χ1v) is 6.31. The Labute approximate surface area is 112 Å². The molecule has 0 bridgehead atoms. The molecule has 0 aromatic carbocycles. The topological polar surface area (TPSA) is 97.8 Å². The molecule has 0 aliphatic rings. The number of thioether (sulfide) groups is 1. The molecule has 0 radical (unpaired) electrons. The third-order valence-electron chi connectivity index (χ3n) is 2.03. The molecule has 0 spiro atoms. The number of hydrogen-bond donors (Lipinski definition) is 1. The number of carbonyl (C=O) groups is 1. The lowest BCUT2D eigenvalue weighted by atomic mass is 10.5. The molecule has 0 aliphatic heterocycles. The van der Waals surface area contributed by atoms with Gasteiger partial charge < -0.3 is 4.74 Å². The van der Waals surface area contributed by atoms with E-state index in [1.54, 1.807) is 25.3 Å². The van der Waals surface area contributed by atoms with E-state index in [0.29, 0.717) is 5.75 Å². The molecule has 0 saturated heterocycles. The number of rotatable bonds is 4. The van der Waals surface area contributed by atoms with Gasteiger partial charge in [0, 0.05) is 6.20 Å². The minimum absolute atomic E-state index is 0.0164. The highest BCUT2D eigenvalue weighted by Gasteiger charge is 2.08. The Bertz CT molecular complexity index is 629. The molecule has 0 amide bonds. The van der Waals surface area contributed by atoms with E-state index in [9.17, 15) is 9.59 Å². The zero-order valence-corrected chi connectivity index (χ0v) is 10.8. The average molecular weight is 278 g/mol. The van der Waals surface area contributed by atoms with Crippen LogP contribution in [0.3, 0.4) is 0 Å². The highest BCUT2D eigenvalue weighted by Crippen LogP contribution is 2.12. The van der Waals surface area contributed by atoms with E-state index in [1.165, 1.54) is 6.20 Å². The molecule has 98 valence electrons. The normalized spacial score (nSPS) is 10.2. The quantitative estimate of drug-likeness (QED) is 0.644. The van der Waals surface area contributed by atoms with Crippen LogP contribution in [-0.4, -0.2) is 31.9 Å². The van der Waals surface area contributed by atoms with Gasteiger partial charge in [0.2, 0.25) is 0 Å². The van der Waals surface area contributed by atoms with Gasteiger partial charge in [-0.2, -0.15) is 0 Å². The number of carbonyl (C=O) groups excluding carboxylic acids is 1. The van der Waals surface area contributed by atoms with Crippen molar-refractivity contribution in [3.63, 3.8) is 0 Å². The first-order valence-electron chi connectivity index (χ1n) is 5.32. The maximum absolute atomic E-state index is 11.5. The van der Waals surface area contributed by atoms with Crippen LogP contribution in [0.4, 0.5) is 0 Å². The Morgan fingerprint density at radius 1 is 1.47 bits per heavy atom. The second-order valence-corrected chi connectivity index (χ2v) is 4.46. The number of aromatic nitrogens is 4. The van der Waals surface area contributed by atoms with Gasteiger partial charge in [0.25, 0.3) is 5.56 Å². The summed E-state index contributed by atoms with van der Waals surface area (Å²) < 4.78 is 5.03. The highest BCUT2D eigenvalue weighted by molar-refractivity contribution is 7.99. The molecule has 7 nitrogen and oxygen atoms in total. The monoisotopic (exact) mass is 278 g/mol. The summed E-state index contributed by atoms with van der Waals surface area (Å²) in [5.74, 6) is -0.0689. The van der Waals surface area contributed by atoms with E-state index in [0.717, 1.165) is 11.8 Å². The Balaban J connectivity index is 1.90. The standard InChI is InChI=1S/C11H10N4O3S/c1-7-10(17)13-11(15-14-7)19-6-9(16)18-8-3-2-4-12-5-8/h2-5H,6H2,1H3,(H,13,15,17). The summed E-state index contributed by atoms with van der Waals surface area (Å²) in [6.07, 6.45) is 3.02. The van der Waals surface area contributed by atoms with Crippen LogP contribution in [-0.2, 0) is 4.79 Å². The number of H-pyrrole nitrogens is 1. The van der Waals surface area contributed by atoms with E-state index >= 15 is 0 Å². The van der Waals surface area contributed by atoms with E-state index < -0.39 is 5.97 Å². The van der Waals surface area contributed by atoms with Crippen LogP contribution in [0.5, 0.6) is 5.75 Å². The summed E-state index contributed by atoms with van der Waals surface area (Å²) in [6.45, 7) is 1.55. The van der Waals surface area contributed by atoms with E-state index in [-0.39, 0.29) is 22.2 Å². The minimum atomic E-state index is -0.457. The first-order chi connectivity index (χ1) is 9.15. The van der Waals surface area contributed by atoms with Crippen LogP contribution >= 0.6 is 11.8 Å². The Kier molecular flexibility index (Phi) is 4.24.